The van der Waals surface area contributed by atoms with Crippen LogP contribution in [0.15, 0.2) is 28.8 Å². The number of piperidine rings is 1. The molecule has 0 atom stereocenters. The zero-order valence-corrected chi connectivity index (χ0v) is 15.1. The van der Waals surface area contributed by atoms with E-state index < -0.39 is 0 Å². The van der Waals surface area contributed by atoms with E-state index >= 15 is 0 Å². The molecule has 7 heteroatoms. The highest BCUT2D eigenvalue weighted by Gasteiger charge is 2.25. The van der Waals surface area contributed by atoms with Crippen LogP contribution in [0.25, 0.3) is 0 Å². The normalized spacial score (nSPS) is 16.4. The van der Waals surface area contributed by atoms with Gasteiger partial charge in [-0.05, 0) is 79.7 Å². The fourth-order valence-corrected chi connectivity index (χ4v) is 3.11. The first kappa shape index (κ1) is 16.4. The Morgan fingerprint density at radius 2 is 2.04 bits per heavy atom. The molecule has 3 rings (SSSR count). The number of rotatable bonds is 4. The Morgan fingerprint density at radius 1 is 1.35 bits per heavy atom. The third kappa shape index (κ3) is 4.51. The minimum absolute atomic E-state index is 0.0262. The fourth-order valence-electron chi connectivity index (χ4n) is 2.75. The molecule has 1 aliphatic heterocycles. The van der Waals surface area contributed by atoms with E-state index in [0.29, 0.717) is 18.3 Å². The zero-order valence-electron chi connectivity index (χ0n) is 13.0. The second-order valence-corrected chi connectivity index (χ2v) is 7.03. The molecule has 6 nitrogen and oxygen atoms in total. The summed E-state index contributed by atoms with van der Waals surface area (Å²) >= 11 is 2.24. The number of nitrogens with zero attached hydrogens (tertiary/aromatic N) is 3. The lowest BCUT2D eigenvalue weighted by Crippen LogP contribution is -2.38. The summed E-state index contributed by atoms with van der Waals surface area (Å²) < 4.78 is 6.40. The number of amides is 1. The topological polar surface area (TPSA) is 71.3 Å². The maximum Gasteiger partial charge on any atom is 0.238 e. The second-order valence-electron chi connectivity index (χ2n) is 5.79. The van der Waals surface area contributed by atoms with Crippen molar-refractivity contribution in [2.75, 3.05) is 25.0 Å². The van der Waals surface area contributed by atoms with Gasteiger partial charge in [0.1, 0.15) is 0 Å². The number of carbonyl (C=O) groups excluding carboxylic acids is 1. The summed E-state index contributed by atoms with van der Waals surface area (Å²) in [6.07, 6.45) is 1.89. The van der Waals surface area contributed by atoms with E-state index in [1.165, 1.54) is 0 Å². The van der Waals surface area contributed by atoms with Crippen molar-refractivity contribution in [1.29, 1.82) is 0 Å². The van der Waals surface area contributed by atoms with E-state index in [4.69, 9.17) is 4.52 Å². The van der Waals surface area contributed by atoms with Crippen molar-refractivity contribution >= 4 is 34.2 Å². The van der Waals surface area contributed by atoms with Crippen LogP contribution in [0.5, 0.6) is 0 Å². The highest BCUT2D eigenvalue weighted by molar-refractivity contribution is 14.1. The molecule has 122 valence electrons. The quantitative estimate of drug-likeness (QED) is 0.762. The van der Waals surface area contributed by atoms with Gasteiger partial charge in [-0.1, -0.05) is 5.16 Å². The standard InChI is InChI=1S/C16H19IN4O2/c1-11-18-16(23-20-11)12-6-8-21(9-7-12)10-15(22)19-14-4-2-13(17)3-5-14/h2-5,12H,6-10H2,1H3,(H,19,22). The first-order valence-electron chi connectivity index (χ1n) is 7.68. The monoisotopic (exact) mass is 426 g/mol. The van der Waals surface area contributed by atoms with Crippen LogP contribution in [-0.2, 0) is 4.79 Å². The molecule has 1 fully saturated rings. The van der Waals surface area contributed by atoms with Gasteiger partial charge in [0.2, 0.25) is 11.8 Å². The average Bonchev–Trinajstić information content (AvgIpc) is 2.97. The first-order valence-corrected chi connectivity index (χ1v) is 8.76. The molecule has 1 amide bonds. The van der Waals surface area contributed by atoms with Crippen molar-refractivity contribution in [3.8, 4) is 0 Å². The molecule has 0 aliphatic carbocycles. The van der Waals surface area contributed by atoms with Crippen LogP contribution >= 0.6 is 22.6 Å². The predicted octanol–water partition coefficient (Wildman–Crippen LogP) is 2.80. The molecule has 2 heterocycles. The van der Waals surface area contributed by atoms with Gasteiger partial charge >= 0.3 is 0 Å². The van der Waals surface area contributed by atoms with Gasteiger partial charge in [-0.3, -0.25) is 9.69 Å². The van der Waals surface area contributed by atoms with E-state index in [9.17, 15) is 4.79 Å². The lowest BCUT2D eigenvalue weighted by Gasteiger charge is -2.29. The van der Waals surface area contributed by atoms with Gasteiger partial charge in [-0.15, -0.1) is 0 Å². The van der Waals surface area contributed by atoms with Crippen LogP contribution in [0.4, 0.5) is 5.69 Å². The maximum atomic E-state index is 12.1. The predicted molar refractivity (Wildman–Crippen MR) is 95.2 cm³/mol. The number of hydrogen-bond donors (Lipinski definition) is 1. The van der Waals surface area contributed by atoms with Gasteiger partial charge in [-0.2, -0.15) is 4.98 Å². The van der Waals surface area contributed by atoms with E-state index in [1.54, 1.807) is 0 Å². The van der Waals surface area contributed by atoms with Gasteiger partial charge in [0.15, 0.2) is 5.82 Å². The van der Waals surface area contributed by atoms with Crippen molar-refractivity contribution in [3.63, 3.8) is 0 Å². The molecule has 1 N–H and O–H groups in total. The first-order chi connectivity index (χ1) is 11.1. The van der Waals surface area contributed by atoms with E-state index in [1.807, 2.05) is 31.2 Å². The summed E-state index contributed by atoms with van der Waals surface area (Å²) in [6.45, 7) is 3.98. The van der Waals surface area contributed by atoms with Crippen LogP contribution in [-0.4, -0.2) is 40.6 Å². The highest BCUT2D eigenvalue weighted by atomic mass is 127. The summed E-state index contributed by atoms with van der Waals surface area (Å²) in [7, 11) is 0. The number of likely N-dealkylation sites (tertiary alicyclic amines) is 1. The summed E-state index contributed by atoms with van der Waals surface area (Å²) in [6, 6.07) is 7.80. The Labute approximate surface area is 148 Å². The second kappa shape index (κ2) is 7.39. The van der Waals surface area contributed by atoms with Gasteiger partial charge in [0.25, 0.3) is 0 Å². The molecule has 0 radical (unpaired) electrons. The third-order valence-electron chi connectivity index (χ3n) is 3.98. The Bertz CT molecular complexity index is 663. The Kier molecular flexibility index (Phi) is 5.27. The molecule has 1 saturated heterocycles. The van der Waals surface area contributed by atoms with Crippen LogP contribution < -0.4 is 5.32 Å². The lowest BCUT2D eigenvalue weighted by molar-refractivity contribution is -0.117. The lowest BCUT2D eigenvalue weighted by atomic mass is 9.97. The number of carbonyl (C=O) groups is 1. The maximum absolute atomic E-state index is 12.1. The number of anilines is 1. The summed E-state index contributed by atoms with van der Waals surface area (Å²) in [5, 5.41) is 6.79. The number of nitrogens with one attached hydrogen (secondary N) is 1. The Morgan fingerprint density at radius 3 is 2.65 bits per heavy atom. The minimum atomic E-state index is 0.0262. The summed E-state index contributed by atoms with van der Waals surface area (Å²) in [4.78, 5) is 18.6. The average molecular weight is 426 g/mol. The highest BCUT2D eigenvalue weighted by Crippen LogP contribution is 2.26. The van der Waals surface area contributed by atoms with Crippen molar-refractivity contribution in [2.24, 2.45) is 0 Å². The molecular weight excluding hydrogens is 407 g/mol. The van der Waals surface area contributed by atoms with Gasteiger partial charge in [0.05, 0.1) is 6.54 Å². The smallest absolute Gasteiger partial charge is 0.238 e. The van der Waals surface area contributed by atoms with E-state index in [-0.39, 0.29) is 5.91 Å². The third-order valence-corrected chi connectivity index (χ3v) is 4.69. The number of aryl methyl sites for hydroxylation is 1. The van der Waals surface area contributed by atoms with E-state index in [0.717, 1.165) is 41.1 Å². The van der Waals surface area contributed by atoms with Crippen LogP contribution in [0, 0.1) is 10.5 Å². The molecule has 1 aromatic carbocycles. The van der Waals surface area contributed by atoms with Crippen molar-refractivity contribution in [2.45, 2.75) is 25.7 Å². The molecule has 0 unspecified atom stereocenters. The van der Waals surface area contributed by atoms with Gasteiger partial charge < -0.3 is 9.84 Å². The largest absolute Gasteiger partial charge is 0.339 e. The molecule has 1 aromatic heterocycles. The van der Waals surface area contributed by atoms with Crippen LogP contribution in [0.3, 0.4) is 0 Å². The van der Waals surface area contributed by atoms with Crippen molar-refractivity contribution < 1.29 is 9.32 Å². The fraction of sp³-hybridized carbons (Fsp3) is 0.438. The molecule has 2 aromatic rings. The SMILES string of the molecule is Cc1noc(C2CCN(CC(=O)Nc3ccc(I)cc3)CC2)n1. The van der Waals surface area contributed by atoms with E-state index in [2.05, 4.69) is 42.9 Å². The van der Waals surface area contributed by atoms with Crippen molar-refractivity contribution in [3.05, 3.63) is 39.6 Å². The summed E-state index contributed by atoms with van der Waals surface area (Å²) in [5.74, 6) is 1.75. The van der Waals surface area contributed by atoms with Gasteiger partial charge in [0, 0.05) is 15.2 Å². The molecule has 0 bridgehead atoms. The number of benzene rings is 1. The number of aromatic nitrogens is 2. The zero-order chi connectivity index (χ0) is 16.2. The number of hydrogen-bond acceptors (Lipinski definition) is 5. The Hall–Kier alpha value is -1.48. The van der Waals surface area contributed by atoms with Crippen LogP contribution in [0.2, 0.25) is 0 Å². The van der Waals surface area contributed by atoms with Crippen molar-refractivity contribution in [1.82, 2.24) is 15.0 Å². The molecule has 0 saturated carbocycles. The molecule has 1 aliphatic rings. The molecule has 0 spiro atoms. The molecular formula is C16H19IN4O2. The minimum Gasteiger partial charge on any atom is -0.339 e. The summed E-state index contributed by atoms with van der Waals surface area (Å²) in [5.41, 5.74) is 0.839. The Balaban J connectivity index is 1.46. The van der Waals surface area contributed by atoms with Gasteiger partial charge in [-0.25, -0.2) is 0 Å². The number of halogens is 1. The van der Waals surface area contributed by atoms with Crippen LogP contribution in [0.1, 0.15) is 30.5 Å². The molecule has 23 heavy (non-hydrogen) atoms.